The van der Waals surface area contributed by atoms with Gasteiger partial charge < -0.3 is 34.5 Å². The van der Waals surface area contributed by atoms with E-state index in [1.54, 1.807) is 27.9 Å². The topological polar surface area (TPSA) is 165 Å². The molecule has 0 saturated carbocycles. The number of nitrogens with one attached hydrogen (secondary N) is 2. The van der Waals surface area contributed by atoms with Crippen LogP contribution in [0.2, 0.25) is 0 Å². The molecule has 6 heterocycles. The minimum absolute atomic E-state index is 0.0253. The van der Waals surface area contributed by atoms with Gasteiger partial charge in [0.25, 0.3) is 5.91 Å². The van der Waals surface area contributed by atoms with E-state index in [9.17, 15) is 24.6 Å². The fraction of sp³-hybridized carbons (Fsp3) is 0.633. The molecule has 7 rings (SSSR count). The summed E-state index contributed by atoms with van der Waals surface area (Å²) in [5.41, 5.74) is 10.3. The molecular formula is C49H72N8O7. The van der Waals surface area contributed by atoms with E-state index in [1.807, 2.05) is 6.20 Å². The Balaban J connectivity index is 1.24. The van der Waals surface area contributed by atoms with Crippen molar-refractivity contribution in [3.05, 3.63) is 53.4 Å². The van der Waals surface area contributed by atoms with Crippen molar-refractivity contribution in [2.24, 2.45) is 5.41 Å². The maximum absolute atomic E-state index is 14.1. The number of nitrogens with zero attached hydrogens (tertiary/aromatic N) is 6. The van der Waals surface area contributed by atoms with Crippen LogP contribution in [0.25, 0.3) is 27.7 Å². The molecule has 0 spiro atoms. The predicted octanol–water partition coefficient (Wildman–Crippen LogP) is 6.23. The molecule has 2 aromatic heterocycles. The standard InChI is InChI=1S/C49H72N8O7/c1-9-56-42-18-17-33(34-14-12-19-53(28-34)30-41(51-47(62)64-48(3,4)5)45(59)57-21-13-16-40(52-57)46(60)61)24-37(42)39(26-49(6,7)31-58)44(56)38-25-36(27-50-43(38)32(2)63-8)55-23-22-54-20-11-10-15-35(54)29-55/h14,17-18,24-25,27,32,35,40-41,52,58H,9-13,15-16,19-23,26,28-31H2,1-8H3,(H,51,62)(H,60,61)/t32?,35-,40+,41?/m1/s1. The maximum Gasteiger partial charge on any atom is 0.408 e. The van der Waals surface area contributed by atoms with Crippen LogP contribution < -0.4 is 15.6 Å². The van der Waals surface area contributed by atoms with Gasteiger partial charge in [0, 0.05) is 88.6 Å². The molecule has 350 valence electrons. The molecule has 3 saturated heterocycles. The van der Waals surface area contributed by atoms with Gasteiger partial charge in [-0.1, -0.05) is 32.4 Å². The zero-order chi connectivity index (χ0) is 45.9. The van der Waals surface area contributed by atoms with Crippen LogP contribution in [0.5, 0.6) is 0 Å². The number of pyridine rings is 1. The van der Waals surface area contributed by atoms with Gasteiger partial charge in [0.1, 0.15) is 17.7 Å². The summed E-state index contributed by atoms with van der Waals surface area (Å²) < 4.78 is 14.0. The Hall–Kier alpha value is -4.54. The number of hydrazine groups is 1. The van der Waals surface area contributed by atoms with Gasteiger partial charge in [-0.2, -0.15) is 0 Å². The lowest BCUT2D eigenvalue weighted by Gasteiger charge is -2.45. The van der Waals surface area contributed by atoms with E-state index in [-0.39, 0.29) is 19.3 Å². The number of aliphatic hydroxyl groups excluding tert-OH is 1. The fourth-order valence-electron chi connectivity index (χ4n) is 10.0. The highest BCUT2D eigenvalue weighted by atomic mass is 16.6. The second kappa shape index (κ2) is 19.9. The third kappa shape index (κ3) is 10.8. The molecule has 0 bridgehead atoms. The number of alkyl carbamates (subject to hydrolysis) is 1. The lowest BCUT2D eigenvalue weighted by molar-refractivity contribution is -0.148. The van der Waals surface area contributed by atoms with E-state index in [0.717, 1.165) is 82.8 Å². The normalized spacial score (nSPS) is 21.3. The number of fused-ring (bicyclic) bond motifs is 2. The minimum Gasteiger partial charge on any atom is -0.480 e. The Morgan fingerprint density at radius 3 is 2.53 bits per heavy atom. The van der Waals surface area contributed by atoms with E-state index < -0.39 is 41.1 Å². The van der Waals surface area contributed by atoms with Crippen LogP contribution in [0.4, 0.5) is 10.5 Å². The number of hydrogen-bond donors (Lipinski definition) is 4. The van der Waals surface area contributed by atoms with Crippen molar-refractivity contribution in [1.29, 1.82) is 0 Å². The summed E-state index contributed by atoms with van der Waals surface area (Å²) in [5.74, 6) is -1.43. The number of carboxylic acids is 1. The number of methoxy groups -OCH3 is 1. The molecule has 15 heteroatoms. The summed E-state index contributed by atoms with van der Waals surface area (Å²) in [4.78, 5) is 51.6. The highest BCUT2D eigenvalue weighted by Crippen LogP contribution is 2.43. The Kier molecular flexibility index (Phi) is 14.8. The first-order valence-electron chi connectivity index (χ1n) is 23.5. The minimum atomic E-state index is -1.02. The van der Waals surface area contributed by atoms with Crippen LogP contribution in [0.3, 0.4) is 0 Å². The third-order valence-corrected chi connectivity index (χ3v) is 13.4. The quantitative estimate of drug-likeness (QED) is 0.145. The van der Waals surface area contributed by atoms with Gasteiger partial charge in [-0.05, 0) is 120 Å². The van der Waals surface area contributed by atoms with E-state index in [0.29, 0.717) is 44.9 Å². The first-order chi connectivity index (χ1) is 30.5. The molecule has 4 atom stereocenters. The molecule has 1 aromatic carbocycles. The molecule has 4 N–H and O–H groups in total. The van der Waals surface area contributed by atoms with Crippen LogP contribution in [0.1, 0.15) is 110 Å². The molecule has 4 aliphatic heterocycles. The number of carbonyl (C=O) groups is 3. The lowest BCUT2D eigenvalue weighted by Crippen LogP contribution is -2.62. The second-order valence-corrected chi connectivity index (χ2v) is 20.0. The number of amides is 2. The second-order valence-electron chi connectivity index (χ2n) is 20.0. The Labute approximate surface area is 379 Å². The van der Waals surface area contributed by atoms with Crippen LogP contribution >= 0.6 is 0 Å². The fourth-order valence-corrected chi connectivity index (χ4v) is 10.0. The van der Waals surface area contributed by atoms with E-state index in [1.165, 1.54) is 30.8 Å². The molecule has 2 amide bonds. The lowest BCUT2D eigenvalue weighted by atomic mass is 9.84. The number of rotatable bonds is 14. The number of hydrogen-bond acceptors (Lipinski definition) is 11. The van der Waals surface area contributed by atoms with E-state index >= 15 is 0 Å². The molecular weight excluding hydrogens is 813 g/mol. The zero-order valence-electron chi connectivity index (χ0n) is 39.4. The molecule has 15 nitrogen and oxygen atoms in total. The SMILES string of the molecule is CCn1c(-c2cc(N3CCN4CCCC[C@@H]4C3)cnc2C(C)OC)c(CC(C)(C)CO)c2cc(C3=CCCN(CC(NC(=O)OC(C)(C)C)C(=O)N4CCC[C@@H](C(=O)O)N4)C3)ccc21. The van der Waals surface area contributed by atoms with Crippen molar-refractivity contribution >= 4 is 40.1 Å². The first kappa shape index (κ1) is 47.4. The van der Waals surface area contributed by atoms with E-state index in [2.05, 4.69) is 88.0 Å². The third-order valence-electron chi connectivity index (χ3n) is 13.4. The summed E-state index contributed by atoms with van der Waals surface area (Å²) in [6.45, 7) is 20.4. The monoisotopic (exact) mass is 885 g/mol. The van der Waals surface area contributed by atoms with Gasteiger partial charge in [0.2, 0.25) is 0 Å². The van der Waals surface area contributed by atoms with Gasteiger partial charge in [0.15, 0.2) is 0 Å². The van der Waals surface area contributed by atoms with Crippen LogP contribution in [-0.4, -0.2) is 142 Å². The molecule has 4 aliphatic rings. The number of benzene rings is 1. The number of ether oxygens (including phenoxy) is 2. The Morgan fingerprint density at radius 2 is 1.81 bits per heavy atom. The van der Waals surface area contributed by atoms with Gasteiger partial charge in [-0.25, -0.2) is 10.2 Å². The van der Waals surface area contributed by atoms with E-state index in [4.69, 9.17) is 14.5 Å². The number of aryl methyl sites for hydroxylation is 1. The summed E-state index contributed by atoms with van der Waals surface area (Å²) in [5, 5.41) is 25.7. The number of aliphatic hydroxyl groups is 1. The van der Waals surface area contributed by atoms with Gasteiger partial charge >= 0.3 is 12.1 Å². The summed E-state index contributed by atoms with van der Waals surface area (Å²) in [6.07, 6.45) is 9.41. The average molecular weight is 885 g/mol. The molecule has 3 aromatic rings. The highest BCUT2D eigenvalue weighted by Gasteiger charge is 2.36. The average Bonchev–Trinajstić information content (AvgIpc) is 3.58. The van der Waals surface area contributed by atoms with Gasteiger partial charge in [0.05, 0.1) is 29.4 Å². The first-order valence-corrected chi connectivity index (χ1v) is 23.5. The largest absolute Gasteiger partial charge is 0.480 e. The number of aliphatic carboxylic acids is 1. The van der Waals surface area contributed by atoms with Gasteiger partial charge in [-0.3, -0.25) is 29.4 Å². The van der Waals surface area contributed by atoms with Crippen molar-refractivity contribution in [3.63, 3.8) is 0 Å². The number of aromatic nitrogens is 2. The van der Waals surface area contributed by atoms with Crippen molar-refractivity contribution in [2.45, 2.75) is 130 Å². The van der Waals surface area contributed by atoms with Crippen molar-refractivity contribution in [2.75, 3.05) is 71.0 Å². The maximum atomic E-state index is 14.1. The number of piperidine rings is 1. The number of piperazine rings is 1. The van der Waals surface area contributed by atoms with Crippen LogP contribution in [0.15, 0.2) is 36.5 Å². The van der Waals surface area contributed by atoms with Crippen molar-refractivity contribution in [1.82, 2.24) is 35.1 Å². The number of carboxylic acid groups (broad SMARTS) is 1. The number of anilines is 1. The predicted molar refractivity (Wildman–Crippen MR) is 250 cm³/mol. The van der Waals surface area contributed by atoms with Crippen LogP contribution in [-0.2, 0) is 32.0 Å². The summed E-state index contributed by atoms with van der Waals surface area (Å²) >= 11 is 0. The Bertz CT molecular complexity index is 2200. The van der Waals surface area contributed by atoms with Crippen molar-refractivity contribution in [3.8, 4) is 11.3 Å². The van der Waals surface area contributed by atoms with Crippen LogP contribution in [0, 0.1) is 5.41 Å². The molecule has 0 aliphatic carbocycles. The highest BCUT2D eigenvalue weighted by molar-refractivity contribution is 5.95. The molecule has 64 heavy (non-hydrogen) atoms. The van der Waals surface area contributed by atoms with Crippen molar-refractivity contribution < 1.29 is 34.1 Å². The summed E-state index contributed by atoms with van der Waals surface area (Å²) in [7, 11) is 1.73. The summed E-state index contributed by atoms with van der Waals surface area (Å²) in [6, 6.07) is 7.69. The Morgan fingerprint density at radius 1 is 1.02 bits per heavy atom. The molecule has 2 unspecified atom stereocenters. The zero-order valence-corrected chi connectivity index (χ0v) is 39.4. The molecule has 3 fully saturated rings. The smallest absolute Gasteiger partial charge is 0.408 e. The molecule has 0 radical (unpaired) electrons. The number of carbonyl (C=O) groups excluding carboxylic acids is 2. The van der Waals surface area contributed by atoms with Gasteiger partial charge in [-0.15, -0.1) is 0 Å².